The fourth-order valence-electron chi connectivity index (χ4n) is 3.93. The van der Waals surface area contributed by atoms with Crippen LogP contribution in [0.15, 0.2) is 73.2 Å². The lowest BCUT2D eigenvalue weighted by Gasteiger charge is -2.34. The Morgan fingerprint density at radius 3 is 2.29 bits per heavy atom. The van der Waals surface area contributed by atoms with Crippen molar-refractivity contribution in [2.75, 3.05) is 39.3 Å². The summed E-state index contributed by atoms with van der Waals surface area (Å²) in [5, 5.41) is 3.06. The molecule has 1 aromatic heterocycles. The van der Waals surface area contributed by atoms with Gasteiger partial charge in [-0.1, -0.05) is 60.7 Å². The maximum atomic E-state index is 12.2. The third-order valence-corrected chi connectivity index (χ3v) is 5.76. The maximum absolute atomic E-state index is 12.2. The van der Waals surface area contributed by atoms with Gasteiger partial charge in [0.2, 0.25) is 5.91 Å². The minimum absolute atomic E-state index is 0.0951. The molecule has 0 spiro atoms. The molecule has 162 valence electrons. The highest BCUT2D eigenvalue weighted by Gasteiger charge is 2.16. The van der Waals surface area contributed by atoms with Gasteiger partial charge in [-0.3, -0.25) is 14.6 Å². The van der Waals surface area contributed by atoms with Crippen LogP contribution in [0.3, 0.4) is 0 Å². The third-order valence-electron chi connectivity index (χ3n) is 5.76. The highest BCUT2D eigenvalue weighted by Crippen LogP contribution is 2.16. The number of hydrogen-bond acceptors (Lipinski definition) is 4. The number of nitrogens with zero attached hydrogens (tertiary/aromatic N) is 4. The average molecular weight is 418 g/mol. The van der Waals surface area contributed by atoms with E-state index in [2.05, 4.69) is 50.4 Å². The van der Waals surface area contributed by atoms with Crippen LogP contribution in [-0.4, -0.2) is 64.5 Å². The Morgan fingerprint density at radius 1 is 0.871 bits per heavy atom. The first-order valence-corrected chi connectivity index (χ1v) is 11.1. The number of piperazine rings is 1. The molecule has 0 radical (unpaired) electrons. The van der Waals surface area contributed by atoms with E-state index in [-0.39, 0.29) is 5.91 Å². The molecule has 0 saturated carbocycles. The van der Waals surface area contributed by atoms with Crippen molar-refractivity contribution in [1.82, 2.24) is 24.7 Å². The molecule has 6 nitrogen and oxygen atoms in total. The van der Waals surface area contributed by atoms with Gasteiger partial charge in [-0.25, -0.2) is 4.98 Å². The zero-order valence-corrected chi connectivity index (χ0v) is 18.0. The van der Waals surface area contributed by atoms with Crippen molar-refractivity contribution in [1.29, 1.82) is 0 Å². The molecule has 0 aliphatic carbocycles. The van der Waals surface area contributed by atoms with Gasteiger partial charge in [0.25, 0.3) is 0 Å². The Bertz CT molecular complexity index is 933. The van der Waals surface area contributed by atoms with Gasteiger partial charge in [-0.2, -0.15) is 0 Å². The first-order chi connectivity index (χ1) is 15.3. The molecule has 1 N–H and O–H groups in total. The third kappa shape index (κ3) is 6.51. The van der Waals surface area contributed by atoms with Crippen molar-refractivity contribution >= 4 is 5.91 Å². The highest BCUT2D eigenvalue weighted by atomic mass is 16.1. The molecule has 0 bridgehead atoms. The Hall–Kier alpha value is -2.96. The number of hydrogen-bond donors (Lipinski definition) is 1. The zero-order chi connectivity index (χ0) is 21.3. The molecule has 6 heteroatoms. The smallest absolute Gasteiger partial charge is 0.221 e. The molecule has 1 fully saturated rings. The van der Waals surface area contributed by atoms with Crippen molar-refractivity contribution in [3.8, 4) is 11.3 Å². The van der Waals surface area contributed by atoms with Gasteiger partial charge in [0.15, 0.2) is 0 Å². The number of carbonyl (C=O) groups excluding carboxylic acids is 1. The second-order valence-electron chi connectivity index (χ2n) is 8.07. The van der Waals surface area contributed by atoms with Crippen molar-refractivity contribution in [2.45, 2.75) is 19.5 Å². The summed E-state index contributed by atoms with van der Waals surface area (Å²) in [6, 6.07) is 20.7. The fourth-order valence-corrected chi connectivity index (χ4v) is 3.93. The van der Waals surface area contributed by atoms with E-state index in [1.165, 1.54) is 5.56 Å². The van der Waals surface area contributed by atoms with Gasteiger partial charge in [-0.05, 0) is 5.56 Å². The minimum atomic E-state index is 0.0951. The molecular weight excluding hydrogens is 386 g/mol. The van der Waals surface area contributed by atoms with Crippen LogP contribution in [0.25, 0.3) is 11.3 Å². The van der Waals surface area contributed by atoms with Crippen molar-refractivity contribution in [2.24, 2.45) is 0 Å². The summed E-state index contributed by atoms with van der Waals surface area (Å²) in [7, 11) is 0. The second kappa shape index (κ2) is 10.9. The molecule has 4 rings (SSSR count). The summed E-state index contributed by atoms with van der Waals surface area (Å²) in [6.07, 6.45) is 4.26. The predicted octanol–water partition coefficient (Wildman–Crippen LogP) is 2.87. The van der Waals surface area contributed by atoms with E-state index in [0.717, 1.165) is 50.5 Å². The summed E-state index contributed by atoms with van der Waals surface area (Å²) in [6.45, 7) is 7.54. The quantitative estimate of drug-likeness (QED) is 0.582. The minimum Gasteiger partial charge on any atom is -0.355 e. The summed E-state index contributed by atoms with van der Waals surface area (Å²) in [5.74, 6) is 0.0951. The topological polar surface area (TPSA) is 53.4 Å². The van der Waals surface area contributed by atoms with E-state index >= 15 is 0 Å². The number of amides is 1. The Balaban J connectivity index is 1.10. The lowest BCUT2D eigenvalue weighted by molar-refractivity contribution is -0.121. The van der Waals surface area contributed by atoms with Crippen LogP contribution in [0.2, 0.25) is 0 Å². The van der Waals surface area contributed by atoms with Crippen molar-refractivity contribution in [3.05, 3.63) is 78.8 Å². The standard InChI is InChI=1S/C25H31N5O/c31-25(11-13-30-20-24(27-21-30)23-9-5-2-6-10-23)26-12-14-28-15-17-29(18-16-28)19-22-7-3-1-4-8-22/h1-10,20-21H,11-19H2,(H,26,31). The van der Waals surface area contributed by atoms with E-state index in [0.29, 0.717) is 19.5 Å². The number of carbonyl (C=O) groups is 1. The molecular formula is C25H31N5O. The summed E-state index contributed by atoms with van der Waals surface area (Å²) in [4.78, 5) is 21.6. The Labute approximate surface area is 184 Å². The van der Waals surface area contributed by atoms with E-state index in [4.69, 9.17) is 0 Å². The predicted molar refractivity (Wildman–Crippen MR) is 123 cm³/mol. The van der Waals surface area contributed by atoms with E-state index in [1.54, 1.807) is 6.33 Å². The van der Waals surface area contributed by atoms with E-state index in [9.17, 15) is 4.79 Å². The Kier molecular flexibility index (Phi) is 7.47. The number of imidazole rings is 1. The molecule has 1 aliphatic heterocycles. The summed E-state index contributed by atoms with van der Waals surface area (Å²) in [5.41, 5.74) is 3.40. The first kappa shape index (κ1) is 21.3. The maximum Gasteiger partial charge on any atom is 0.221 e. The van der Waals surface area contributed by atoms with Crippen molar-refractivity contribution in [3.63, 3.8) is 0 Å². The van der Waals surface area contributed by atoms with Crippen LogP contribution in [-0.2, 0) is 17.9 Å². The van der Waals surface area contributed by atoms with Crippen LogP contribution in [0.4, 0.5) is 0 Å². The molecule has 2 heterocycles. The van der Waals surface area contributed by atoms with Gasteiger partial charge in [-0.15, -0.1) is 0 Å². The molecule has 3 aromatic rings. The fraction of sp³-hybridized carbons (Fsp3) is 0.360. The van der Waals surface area contributed by atoms with Crippen molar-refractivity contribution < 1.29 is 4.79 Å². The SMILES string of the molecule is O=C(CCn1cnc(-c2ccccc2)c1)NCCN1CCN(Cc2ccccc2)CC1. The molecule has 1 aliphatic rings. The molecule has 0 atom stereocenters. The molecule has 1 amide bonds. The Morgan fingerprint density at radius 2 is 1.55 bits per heavy atom. The molecule has 2 aromatic carbocycles. The number of aromatic nitrogens is 2. The van der Waals surface area contributed by atoms with Gasteiger partial charge in [0.05, 0.1) is 12.0 Å². The molecule has 1 saturated heterocycles. The van der Waals surface area contributed by atoms with Gasteiger partial charge in [0, 0.05) is 70.5 Å². The largest absolute Gasteiger partial charge is 0.355 e. The normalized spacial score (nSPS) is 15.1. The van der Waals surface area contributed by atoms with Crippen LogP contribution in [0.5, 0.6) is 0 Å². The lowest BCUT2D eigenvalue weighted by atomic mass is 10.2. The monoisotopic (exact) mass is 417 g/mol. The zero-order valence-electron chi connectivity index (χ0n) is 18.0. The van der Waals surface area contributed by atoms with Crippen LogP contribution in [0.1, 0.15) is 12.0 Å². The highest BCUT2D eigenvalue weighted by molar-refractivity contribution is 5.75. The lowest BCUT2D eigenvalue weighted by Crippen LogP contribution is -2.48. The molecule has 0 unspecified atom stereocenters. The number of aryl methyl sites for hydroxylation is 1. The first-order valence-electron chi connectivity index (χ1n) is 11.1. The summed E-state index contributed by atoms with van der Waals surface area (Å²) < 4.78 is 1.98. The molecule has 31 heavy (non-hydrogen) atoms. The van der Waals surface area contributed by atoms with E-state index in [1.807, 2.05) is 41.1 Å². The summed E-state index contributed by atoms with van der Waals surface area (Å²) >= 11 is 0. The van der Waals surface area contributed by atoms with Crippen LogP contribution >= 0.6 is 0 Å². The van der Waals surface area contributed by atoms with Gasteiger partial charge >= 0.3 is 0 Å². The number of benzene rings is 2. The van der Waals surface area contributed by atoms with Gasteiger partial charge < -0.3 is 9.88 Å². The number of nitrogens with one attached hydrogen (secondary N) is 1. The van der Waals surface area contributed by atoms with Crippen LogP contribution in [0, 0.1) is 0 Å². The number of rotatable bonds is 9. The van der Waals surface area contributed by atoms with Crippen LogP contribution < -0.4 is 5.32 Å². The van der Waals surface area contributed by atoms with E-state index < -0.39 is 0 Å². The second-order valence-corrected chi connectivity index (χ2v) is 8.07. The van der Waals surface area contributed by atoms with Gasteiger partial charge in [0.1, 0.15) is 0 Å². The average Bonchev–Trinajstić information content (AvgIpc) is 3.29.